The third-order valence-corrected chi connectivity index (χ3v) is 8.29. The van der Waals surface area contributed by atoms with Crippen LogP contribution in [0.1, 0.15) is 59.3 Å². The van der Waals surface area contributed by atoms with Crippen molar-refractivity contribution < 1.29 is 43.2 Å². The lowest BCUT2D eigenvalue weighted by Crippen LogP contribution is -2.57. The number of rotatable bonds is 12. The monoisotopic (exact) mass is 609 g/mol. The number of thioether (sulfide) groups is 1. The summed E-state index contributed by atoms with van der Waals surface area (Å²) < 4.78 is 28.3. The molecule has 0 radical (unpaired) electrons. The highest BCUT2D eigenvalue weighted by Gasteiger charge is 2.56. The molecule has 42 heavy (non-hydrogen) atoms. The van der Waals surface area contributed by atoms with E-state index in [1.165, 1.54) is 17.8 Å². The number of aliphatic hydroxyl groups excluding tert-OH is 2. The van der Waals surface area contributed by atoms with Crippen LogP contribution in [0.5, 0.6) is 5.75 Å². The summed E-state index contributed by atoms with van der Waals surface area (Å²) in [7, 11) is 0. The van der Waals surface area contributed by atoms with Crippen LogP contribution < -0.4 is 15.7 Å². The van der Waals surface area contributed by atoms with Gasteiger partial charge in [0.25, 0.3) is 6.29 Å². The Bertz CT molecular complexity index is 1270. The second-order valence-corrected chi connectivity index (χ2v) is 11.9. The maximum Gasteiger partial charge on any atom is 0.339 e. The zero-order valence-electron chi connectivity index (χ0n) is 24.4. The summed E-state index contributed by atoms with van der Waals surface area (Å²) in [6.07, 6.45) is -1.83. The summed E-state index contributed by atoms with van der Waals surface area (Å²) in [5.41, 5.74) is -1.29. The average molecular weight is 610 g/mol. The van der Waals surface area contributed by atoms with Crippen molar-refractivity contribution >= 4 is 28.4 Å². The van der Waals surface area contributed by atoms with Crippen LogP contribution in [0.4, 0.5) is 0 Å². The van der Waals surface area contributed by atoms with Crippen molar-refractivity contribution in [3.05, 3.63) is 41.0 Å². The van der Waals surface area contributed by atoms with Crippen LogP contribution in [0.3, 0.4) is 0 Å². The van der Waals surface area contributed by atoms with Gasteiger partial charge in [-0.15, -0.1) is 11.8 Å². The van der Waals surface area contributed by atoms with Gasteiger partial charge in [0.1, 0.15) is 52.7 Å². The number of carbonyl (C=O) groups excluding carboxylic acids is 1. The first-order chi connectivity index (χ1) is 19.9. The summed E-state index contributed by atoms with van der Waals surface area (Å²) in [5.74, 6) is -0.351. The molecule has 3 N–H and O–H groups in total. The summed E-state index contributed by atoms with van der Waals surface area (Å²) in [6.45, 7) is 12.2. The first-order valence-electron chi connectivity index (χ1n) is 13.8. The smallest absolute Gasteiger partial charge is 0.339 e. The standard InChI is InChI=1S/C28H39N3O10S/c1-7-9-17(18-11-16(36-10-8-2)12-20(33)37-18)29-26(35)28(6)14-42-24(30-28)15(3)31-41-25-23-22(39-27(4,5)40-23)21(34)19(13-32)38-25/h8,11-12,17,19,21-23,25,32,34H,2,7,9-10,13-14H2,1,3-6H3,(H,29,35)/b31-15+/t17-,19-,21-,22+,23+,25-,28?/m1/s1. The molecule has 2 saturated heterocycles. The predicted molar refractivity (Wildman–Crippen MR) is 155 cm³/mol. The molecular formula is C28H39N3O10S. The maximum absolute atomic E-state index is 13.5. The van der Waals surface area contributed by atoms with Crippen LogP contribution in [0.15, 0.2) is 44.1 Å². The maximum atomic E-state index is 13.5. The second kappa shape index (κ2) is 13.3. The summed E-state index contributed by atoms with van der Waals surface area (Å²) in [4.78, 5) is 35.9. The third kappa shape index (κ3) is 7.24. The Morgan fingerprint density at radius 1 is 1.33 bits per heavy atom. The summed E-state index contributed by atoms with van der Waals surface area (Å²) in [6, 6.07) is 2.27. The zero-order chi connectivity index (χ0) is 30.7. The van der Waals surface area contributed by atoms with Crippen molar-refractivity contribution in [2.24, 2.45) is 10.1 Å². The third-order valence-electron chi connectivity index (χ3n) is 6.93. The minimum absolute atomic E-state index is 0.224. The minimum Gasteiger partial charge on any atom is -0.489 e. The van der Waals surface area contributed by atoms with E-state index < -0.39 is 60.3 Å². The van der Waals surface area contributed by atoms with Crippen molar-refractivity contribution in [3.63, 3.8) is 0 Å². The molecule has 13 nitrogen and oxygen atoms in total. The van der Waals surface area contributed by atoms with Gasteiger partial charge in [0.05, 0.1) is 18.7 Å². The Balaban J connectivity index is 1.46. The molecule has 0 aromatic carbocycles. The van der Waals surface area contributed by atoms with Crippen molar-refractivity contribution in [1.82, 2.24) is 5.32 Å². The number of hydrogen-bond donors (Lipinski definition) is 3. The molecule has 232 valence electrons. The molecule has 3 aliphatic rings. The van der Waals surface area contributed by atoms with Crippen LogP contribution in [-0.2, 0) is 23.8 Å². The number of carbonyl (C=O) groups is 1. The molecule has 0 bridgehead atoms. The van der Waals surface area contributed by atoms with Gasteiger partial charge in [-0.25, -0.2) is 4.79 Å². The minimum atomic E-state index is -1.12. The number of nitrogens with zero attached hydrogens (tertiary/aromatic N) is 2. The first-order valence-corrected chi connectivity index (χ1v) is 14.8. The van der Waals surface area contributed by atoms with Crippen molar-refractivity contribution in [2.45, 2.75) is 95.5 Å². The molecule has 1 unspecified atom stereocenters. The summed E-state index contributed by atoms with van der Waals surface area (Å²) >= 11 is 1.35. The van der Waals surface area contributed by atoms with Crippen LogP contribution >= 0.6 is 11.8 Å². The fraction of sp³-hybridized carbons (Fsp3) is 0.643. The predicted octanol–water partition coefficient (Wildman–Crippen LogP) is 2.06. The van der Waals surface area contributed by atoms with Gasteiger partial charge in [-0.05, 0) is 34.1 Å². The molecule has 7 atom stereocenters. The van der Waals surface area contributed by atoms with Crippen LogP contribution in [0, 0.1) is 0 Å². The van der Waals surface area contributed by atoms with E-state index in [4.69, 9.17) is 28.2 Å². The highest BCUT2D eigenvalue weighted by Crippen LogP contribution is 2.38. The van der Waals surface area contributed by atoms with Gasteiger partial charge in [0.2, 0.25) is 5.91 Å². The van der Waals surface area contributed by atoms with E-state index in [1.54, 1.807) is 39.8 Å². The van der Waals surface area contributed by atoms with Gasteiger partial charge >= 0.3 is 5.63 Å². The highest BCUT2D eigenvalue weighted by atomic mass is 32.2. The number of aliphatic hydroxyl groups is 2. The molecule has 2 fully saturated rings. The Labute approximate surface area is 248 Å². The number of amides is 1. The van der Waals surface area contributed by atoms with Crippen molar-refractivity contribution in [1.29, 1.82) is 0 Å². The molecule has 4 rings (SSSR count). The SMILES string of the molecule is C=CCOc1cc([C@@H](CCC)NC(=O)C2(C)CSC(/C(C)=N/O[C@H]3O[C@H](CO)[C@@H](O)[C@@H]4OC(C)(C)O[C@H]34)=N2)oc(=O)c1. The van der Waals surface area contributed by atoms with E-state index in [0.717, 1.165) is 6.42 Å². The van der Waals surface area contributed by atoms with Crippen molar-refractivity contribution in [3.8, 4) is 5.75 Å². The summed E-state index contributed by atoms with van der Waals surface area (Å²) in [5, 5.41) is 27.8. The Kier molecular flexibility index (Phi) is 10.2. The molecular weight excluding hydrogens is 570 g/mol. The lowest BCUT2D eigenvalue weighted by atomic mass is 9.99. The van der Waals surface area contributed by atoms with Gasteiger partial charge in [-0.1, -0.05) is 31.2 Å². The van der Waals surface area contributed by atoms with Crippen LogP contribution in [0.2, 0.25) is 0 Å². The van der Waals surface area contributed by atoms with Crippen LogP contribution in [0.25, 0.3) is 0 Å². The van der Waals surface area contributed by atoms with Crippen molar-refractivity contribution in [2.75, 3.05) is 19.0 Å². The number of aliphatic imine (C=N–C) groups is 1. The fourth-order valence-electron chi connectivity index (χ4n) is 4.81. The lowest BCUT2D eigenvalue weighted by molar-refractivity contribution is -0.280. The zero-order valence-corrected chi connectivity index (χ0v) is 25.2. The van der Waals surface area contributed by atoms with Crippen LogP contribution in [-0.4, -0.2) is 87.9 Å². The first kappa shape index (κ1) is 32.2. The number of hydrogen-bond acceptors (Lipinski definition) is 13. The largest absolute Gasteiger partial charge is 0.489 e. The molecule has 0 spiro atoms. The fourth-order valence-corrected chi connectivity index (χ4v) is 5.94. The van der Waals surface area contributed by atoms with E-state index in [0.29, 0.717) is 34.4 Å². The van der Waals surface area contributed by atoms with E-state index in [1.807, 2.05) is 6.92 Å². The van der Waals surface area contributed by atoms with E-state index in [2.05, 4.69) is 22.0 Å². The van der Waals surface area contributed by atoms with E-state index in [-0.39, 0.29) is 12.5 Å². The van der Waals surface area contributed by atoms with Gasteiger partial charge in [0, 0.05) is 11.8 Å². The Morgan fingerprint density at radius 3 is 2.76 bits per heavy atom. The average Bonchev–Trinajstić information content (AvgIpc) is 3.51. The van der Waals surface area contributed by atoms with Gasteiger partial charge < -0.3 is 43.7 Å². The molecule has 0 saturated carbocycles. The molecule has 0 aliphatic carbocycles. The lowest BCUT2D eigenvalue weighted by Gasteiger charge is -2.37. The quantitative estimate of drug-likeness (QED) is 0.180. The second-order valence-electron chi connectivity index (χ2n) is 11.0. The topological polar surface area (TPSA) is 171 Å². The normalized spacial score (nSPS) is 31.2. The Morgan fingerprint density at radius 2 is 2.07 bits per heavy atom. The number of oxime groups is 1. The van der Waals surface area contributed by atoms with Gasteiger partial charge in [-0.2, -0.15) is 0 Å². The molecule has 4 heterocycles. The molecule has 1 aromatic heterocycles. The molecule has 1 aromatic rings. The van der Waals surface area contributed by atoms with E-state index in [9.17, 15) is 19.8 Å². The molecule has 1 amide bonds. The highest BCUT2D eigenvalue weighted by molar-refractivity contribution is 8.16. The molecule has 14 heteroatoms. The van der Waals surface area contributed by atoms with E-state index >= 15 is 0 Å². The number of ether oxygens (including phenoxy) is 4. The van der Waals surface area contributed by atoms with Gasteiger partial charge in [-0.3, -0.25) is 9.79 Å². The number of nitrogens with one attached hydrogen (secondary N) is 1. The number of fused-ring (bicyclic) bond motifs is 1. The Hall–Kier alpha value is -2.75. The van der Waals surface area contributed by atoms with Gasteiger partial charge in [0.15, 0.2) is 11.9 Å². The molecule has 3 aliphatic heterocycles.